The smallest absolute Gasteiger partial charge is 0.310 e. The van der Waals surface area contributed by atoms with Gasteiger partial charge in [-0.2, -0.15) is 0 Å². The third-order valence-corrected chi connectivity index (χ3v) is 3.96. The van der Waals surface area contributed by atoms with Crippen molar-refractivity contribution in [2.45, 2.75) is 58.4 Å². The van der Waals surface area contributed by atoms with Crippen LogP contribution < -0.4 is 0 Å². The van der Waals surface area contributed by atoms with Gasteiger partial charge in [-0.15, -0.1) is 10.2 Å². The molecule has 0 radical (unpaired) electrons. The number of hydrogen-bond donors (Lipinski definition) is 1. The Bertz CT molecular complexity index is 420. The minimum Gasteiger partial charge on any atom is -0.481 e. The molecule has 0 amide bonds. The van der Waals surface area contributed by atoms with Crippen molar-refractivity contribution in [2.75, 3.05) is 0 Å². The van der Waals surface area contributed by atoms with Crippen LogP contribution in [0.2, 0.25) is 0 Å². The van der Waals surface area contributed by atoms with Gasteiger partial charge >= 0.3 is 5.97 Å². The Labute approximate surface area is 107 Å². The van der Waals surface area contributed by atoms with Gasteiger partial charge in [0.25, 0.3) is 0 Å². The van der Waals surface area contributed by atoms with Gasteiger partial charge < -0.3 is 9.67 Å². The van der Waals surface area contributed by atoms with Crippen LogP contribution in [0.25, 0.3) is 0 Å². The topological polar surface area (TPSA) is 68.0 Å². The highest BCUT2D eigenvalue weighted by Crippen LogP contribution is 2.39. The number of carbonyl (C=O) groups is 1. The monoisotopic (exact) mass is 251 g/mol. The second kappa shape index (κ2) is 5.08. The quantitative estimate of drug-likeness (QED) is 0.892. The van der Waals surface area contributed by atoms with E-state index in [1.54, 1.807) is 6.33 Å². The SMILES string of the molecule is CC(C)n1cnnc1CC1(C(=O)O)CCCCC1. The first-order valence-electron chi connectivity index (χ1n) is 6.67. The summed E-state index contributed by atoms with van der Waals surface area (Å²) in [6.45, 7) is 4.11. The maximum atomic E-state index is 11.6. The van der Waals surface area contributed by atoms with E-state index in [0.29, 0.717) is 6.42 Å². The average Bonchev–Trinajstić information content (AvgIpc) is 2.78. The molecule has 100 valence electrons. The highest BCUT2D eigenvalue weighted by atomic mass is 16.4. The Morgan fingerprint density at radius 1 is 1.44 bits per heavy atom. The van der Waals surface area contributed by atoms with Gasteiger partial charge in [-0.3, -0.25) is 4.79 Å². The van der Waals surface area contributed by atoms with Gasteiger partial charge in [0.1, 0.15) is 12.2 Å². The molecule has 5 nitrogen and oxygen atoms in total. The number of aliphatic carboxylic acids is 1. The Balaban J connectivity index is 2.23. The molecule has 1 heterocycles. The molecule has 0 saturated heterocycles. The molecule has 1 aliphatic rings. The minimum absolute atomic E-state index is 0.268. The largest absolute Gasteiger partial charge is 0.481 e. The lowest BCUT2D eigenvalue weighted by Gasteiger charge is -2.33. The highest BCUT2D eigenvalue weighted by molar-refractivity contribution is 5.75. The molecule has 1 saturated carbocycles. The predicted octanol–water partition coefficient (Wildman–Crippen LogP) is 2.44. The van der Waals surface area contributed by atoms with Crippen LogP contribution in [0.1, 0.15) is 57.8 Å². The zero-order chi connectivity index (χ0) is 13.2. The summed E-state index contributed by atoms with van der Waals surface area (Å²) in [5.41, 5.74) is -0.627. The van der Waals surface area contributed by atoms with Crippen LogP contribution in [-0.4, -0.2) is 25.8 Å². The molecule has 1 aromatic rings. The van der Waals surface area contributed by atoms with E-state index in [0.717, 1.165) is 37.9 Å². The van der Waals surface area contributed by atoms with E-state index in [1.807, 2.05) is 4.57 Å². The molecule has 18 heavy (non-hydrogen) atoms. The van der Waals surface area contributed by atoms with Crippen molar-refractivity contribution in [3.63, 3.8) is 0 Å². The number of aromatic nitrogens is 3. The van der Waals surface area contributed by atoms with Gasteiger partial charge in [0, 0.05) is 12.5 Å². The van der Waals surface area contributed by atoms with Crippen LogP contribution in [0.5, 0.6) is 0 Å². The number of rotatable bonds is 4. The third-order valence-electron chi connectivity index (χ3n) is 3.96. The van der Waals surface area contributed by atoms with Gasteiger partial charge in [0.2, 0.25) is 0 Å². The van der Waals surface area contributed by atoms with Gasteiger partial charge in [-0.1, -0.05) is 19.3 Å². The molecule has 0 spiro atoms. The molecule has 1 aromatic heterocycles. The van der Waals surface area contributed by atoms with E-state index < -0.39 is 11.4 Å². The number of nitrogens with zero attached hydrogens (tertiary/aromatic N) is 3. The lowest BCUT2D eigenvalue weighted by molar-refractivity contribution is -0.151. The van der Waals surface area contributed by atoms with Crippen LogP contribution in [0.3, 0.4) is 0 Å². The summed E-state index contributed by atoms with van der Waals surface area (Å²) >= 11 is 0. The van der Waals surface area contributed by atoms with Crippen molar-refractivity contribution in [1.82, 2.24) is 14.8 Å². The summed E-state index contributed by atoms with van der Waals surface area (Å²) in [7, 11) is 0. The van der Waals surface area contributed by atoms with Gasteiger partial charge in [-0.05, 0) is 26.7 Å². The van der Waals surface area contributed by atoms with Crippen LogP contribution in [0, 0.1) is 5.41 Å². The molecule has 1 N–H and O–H groups in total. The van der Waals surface area contributed by atoms with Gasteiger partial charge in [0.15, 0.2) is 0 Å². The Hall–Kier alpha value is -1.39. The molecule has 0 aliphatic heterocycles. The fourth-order valence-electron chi connectivity index (χ4n) is 2.82. The highest BCUT2D eigenvalue weighted by Gasteiger charge is 2.41. The van der Waals surface area contributed by atoms with Crippen molar-refractivity contribution in [3.8, 4) is 0 Å². The second-order valence-corrected chi connectivity index (χ2v) is 5.57. The Morgan fingerprint density at radius 2 is 2.11 bits per heavy atom. The van der Waals surface area contributed by atoms with E-state index in [9.17, 15) is 9.90 Å². The van der Waals surface area contributed by atoms with E-state index in [-0.39, 0.29) is 6.04 Å². The van der Waals surface area contributed by atoms with Crippen molar-refractivity contribution in [1.29, 1.82) is 0 Å². The molecule has 2 rings (SSSR count). The fourth-order valence-corrected chi connectivity index (χ4v) is 2.82. The number of hydrogen-bond acceptors (Lipinski definition) is 3. The fraction of sp³-hybridized carbons (Fsp3) is 0.769. The zero-order valence-electron chi connectivity index (χ0n) is 11.1. The summed E-state index contributed by atoms with van der Waals surface area (Å²) in [4.78, 5) is 11.6. The first kappa shape index (κ1) is 13.1. The van der Waals surface area contributed by atoms with Crippen molar-refractivity contribution in [3.05, 3.63) is 12.2 Å². The van der Waals surface area contributed by atoms with Crippen molar-refractivity contribution < 1.29 is 9.90 Å². The molecule has 1 fully saturated rings. The number of carboxylic acids is 1. The van der Waals surface area contributed by atoms with Crippen molar-refractivity contribution in [2.24, 2.45) is 5.41 Å². The Kier molecular flexibility index (Phi) is 3.68. The number of carboxylic acid groups (broad SMARTS) is 1. The molecule has 5 heteroatoms. The Morgan fingerprint density at radius 3 is 2.67 bits per heavy atom. The minimum atomic E-state index is -0.680. The standard InChI is InChI=1S/C13H21N3O2/c1-10(2)16-9-14-15-11(16)8-13(12(17)18)6-4-3-5-7-13/h9-10H,3-8H2,1-2H3,(H,17,18). The van der Waals surface area contributed by atoms with Crippen LogP contribution in [-0.2, 0) is 11.2 Å². The van der Waals surface area contributed by atoms with Crippen LogP contribution in [0.4, 0.5) is 0 Å². The van der Waals surface area contributed by atoms with Gasteiger partial charge in [0.05, 0.1) is 5.41 Å². The maximum Gasteiger partial charge on any atom is 0.310 e. The van der Waals surface area contributed by atoms with Crippen LogP contribution >= 0.6 is 0 Å². The lowest BCUT2D eigenvalue weighted by atomic mass is 9.71. The van der Waals surface area contributed by atoms with E-state index in [2.05, 4.69) is 24.0 Å². The van der Waals surface area contributed by atoms with Crippen LogP contribution in [0.15, 0.2) is 6.33 Å². The molecule has 0 atom stereocenters. The first-order chi connectivity index (χ1) is 8.55. The lowest BCUT2D eigenvalue weighted by Crippen LogP contribution is -2.36. The van der Waals surface area contributed by atoms with Gasteiger partial charge in [-0.25, -0.2) is 0 Å². The molecular formula is C13H21N3O2. The molecule has 0 bridgehead atoms. The summed E-state index contributed by atoms with van der Waals surface area (Å²) in [6, 6.07) is 0.268. The predicted molar refractivity (Wildman–Crippen MR) is 67.3 cm³/mol. The molecular weight excluding hydrogens is 230 g/mol. The molecule has 1 aliphatic carbocycles. The summed E-state index contributed by atoms with van der Waals surface area (Å²) < 4.78 is 1.97. The molecule has 0 unspecified atom stereocenters. The van der Waals surface area contributed by atoms with E-state index in [1.165, 1.54) is 0 Å². The summed E-state index contributed by atoms with van der Waals surface area (Å²) in [6.07, 6.45) is 6.86. The third kappa shape index (κ3) is 2.40. The first-order valence-corrected chi connectivity index (χ1v) is 6.67. The second-order valence-electron chi connectivity index (χ2n) is 5.57. The van der Waals surface area contributed by atoms with E-state index >= 15 is 0 Å². The zero-order valence-corrected chi connectivity index (χ0v) is 11.1. The summed E-state index contributed by atoms with van der Waals surface area (Å²) in [5.74, 6) is 0.120. The van der Waals surface area contributed by atoms with E-state index in [4.69, 9.17) is 0 Å². The molecule has 0 aromatic carbocycles. The summed E-state index contributed by atoms with van der Waals surface area (Å²) in [5, 5.41) is 17.6. The van der Waals surface area contributed by atoms with Crippen molar-refractivity contribution >= 4 is 5.97 Å². The normalized spacial score (nSPS) is 19.1. The average molecular weight is 251 g/mol. The maximum absolute atomic E-state index is 11.6.